The zero-order chi connectivity index (χ0) is 7.68. The van der Waals surface area contributed by atoms with Crippen LogP contribution in [0.3, 0.4) is 0 Å². The molecule has 64 valence electrons. The van der Waals surface area contributed by atoms with Crippen molar-refractivity contribution in [3.63, 3.8) is 0 Å². The molecular weight excluding hydrogens is 176 g/mol. The Kier molecular flexibility index (Phi) is 2.62. The fraction of sp³-hybridized carbons (Fsp3) is 0.143. The minimum Gasteiger partial charge on any atom is -0.325 e. The number of halogens is 1. The van der Waals surface area contributed by atoms with E-state index in [0.717, 1.165) is 16.7 Å². The fourth-order valence-electron chi connectivity index (χ4n) is 1.05. The van der Waals surface area contributed by atoms with E-state index in [4.69, 9.17) is 5.73 Å². The second-order valence-electron chi connectivity index (χ2n) is 2.27. The summed E-state index contributed by atoms with van der Waals surface area (Å²) < 4.78 is 0. The highest BCUT2D eigenvalue weighted by molar-refractivity contribution is 5.85. The predicted molar refractivity (Wildman–Crippen MR) is 49.0 cm³/mol. The first-order valence-electron chi connectivity index (χ1n) is 3.40. The Balaban J connectivity index is 0.000000720. The molecule has 2 aromatic heterocycles. The van der Waals surface area contributed by atoms with Gasteiger partial charge in [0, 0.05) is 12.7 Å². The van der Waals surface area contributed by atoms with Crippen LogP contribution < -0.4 is 5.73 Å². The van der Waals surface area contributed by atoms with Gasteiger partial charge in [0.1, 0.15) is 11.2 Å². The minimum absolute atomic E-state index is 0. The van der Waals surface area contributed by atoms with Gasteiger partial charge in [-0.15, -0.1) is 12.4 Å². The summed E-state index contributed by atoms with van der Waals surface area (Å²) >= 11 is 0. The van der Waals surface area contributed by atoms with Gasteiger partial charge in [-0.05, 0) is 12.1 Å². The van der Waals surface area contributed by atoms with Gasteiger partial charge >= 0.3 is 0 Å². The molecule has 12 heavy (non-hydrogen) atoms. The molecule has 0 amide bonds. The van der Waals surface area contributed by atoms with Crippen LogP contribution in [0.1, 0.15) is 5.69 Å². The maximum Gasteiger partial charge on any atom is 0.113 e. The van der Waals surface area contributed by atoms with E-state index in [1.807, 2.05) is 12.1 Å². The molecule has 0 radical (unpaired) electrons. The number of fused-ring (bicyclic) bond motifs is 1. The molecule has 0 aliphatic rings. The number of aromatic nitrogens is 3. The molecular formula is C7H9ClN4. The van der Waals surface area contributed by atoms with Crippen LogP contribution in [-0.2, 0) is 6.54 Å². The molecule has 0 unspecified atom stereocenters. The summed E-state index contributed by atoms with van der Waals surface area (Å²) in [5.74, 6) is 0. The van der Waals surface area contributed by atoms with Crippen LogP contribution >= 0.6 is 12.4 Å². The SMILES string of the molecule is Cl.NCc1n[nH]c2cccnc12. The third-order valence-electron chi connectivity index (χ3n) is 1.59. The van der Waals surface area contributed by atoms with E-state index in [9.17, 15) is 0 Å². The van der Waals surface area contributed by atoms with Gasteiger partial charge < -0.3 is 5.73 Å². The molecule has 0 spiro atoms. The van der Waals surface area contributed by atoms with Gasteiger partial charge in [0.15, 0.2) is 0 Å². The number of nitrogens with two attached hydrogens (primary N) is 1. The Bertz CT molecular complexity index is 370. The molecule has 0 atom stereocenters. The molecule has 2 aromatic rings. The predicted octanol–water partition coefficient (Wildman–Crippen LogP) is 0.838. The van der Waals surface area contributed by atoms with Gasteiger partial charge in [0.2, 0.25) is 0 Å². The van der Waals surface area contributed by atoms with Crippen LogP contribution in [0.25, 0.3) is 11.0 Å². The highest BCUT2D eigenvalue weighted by Gasteiger charge is 2.02. The van der Waals surface area contributed by atoms with Crippen molar-refractivity contribution in [2.24, 2.45) is 5.73 Å². The van der Waals surface area contributed by atoms with E-state index in [0.29, 0.717) is 6.54 Å². The molecule has 0 fully saturated rings. The van der Waals surface area contributed by atoms with Crippen LogP contribution in [0.15, 0.2) is 18.3 Å². The molecule has 5 heteroatoms. The number of pyridine rings is 1. The van der Waals surface area contributed by atoms with Crippen molar-refractivity contribution < 1.29 is 0 Å². The second-order valence-corrected chi connectivity index (χ2v) is 2.27. The van der Waals surface area contributed by atoms with Gasteiger partial charge in [-0.2, -0.15) is 5.10 Å². The Morgan fingerprint density at radius 2 is 2.33 bits per heavy atom. The monoisotopic (exact) mass is 184 g/mol. The van der Waals surface area contributed by atoms with Crippen LogP contribution in [0, 0.1) is 0 Å². The minimum atomic E-state index is 0. The van der Waals surface area contributed by atoms with Gasteiger partial charge in [-0.3, -0.25) is 10.1 Å². The largest absolute Gasteiger partial charge is 0.325 e. The van der Waals surface area contributed by atoms with E-state index in [1.54, 1.807) is 6.20 Å². The number of nitrogens with one attached hydrogen (secondary N) is 1. The van der Waals surface area contributed by atoms with Crippen LogP contribution in [0.5, 0.6) is 0 Å². The molecule has 0 aliphatic carbocycles. The first-order chi connectivity index (χ1) is 5.42. The summed E-state index contributed by atoms with van der Waals surface area (Å²) in [5, 5.41) is 6.85. The van der Waals surface area contributed by atoms with E-state index in [-0.39, 0.29) is 12.4 Å². The standard InChI is InChI=1S/C7H8N4.ClH/c8-4-6-7-5(10-11-6)2-1-3-9-7;/h1-3H,4,8H2,(H,10,11);1H. The van der Waals surface area contributed by atoms with Crippen molar-refractivity contribution in [3.05, 3.63) is 24.0 Å². The lowest BCUT2D eigenvalue weighted by Crippen LogP contribution is -1.97. The lowest BCUT2D eigenvalue weighted by molar-refractivity contribution is 0.956. The number of rotatable bonds is 1. The summed E-state index contributed by atoms with van der Waals surface area (Å²) in [5.41, 5.74) is 8.07. The van der Waals surface area contributed by atoms with Gasteiger partial charge in [-0.1, -0.05) is 0 Å². The van der Waals surface area contributed by atoms with Crippen LogP contribution in [0.4, 0.5) is 0 Å². The van der Waals surface area contributed by atoms with Crippen molar-refractivity contribution in [2.45, 2.75) is 6.54 Å². The zero-order valence-corrected chi connectivity index (χ0v) is 7.14. The first kappa shape index (κ1) is 8.96. The summed E-state index contributed by atoms with van der Waals surface area (Å²) in [6.45, 7) is 0.428. The van der Waals surface area contributed by atoms with Gasteiger partial charge in [0.25, 0.3) is 0 Å². The summed E-state index contributed by atoms with van der Waals surface area (Å²) in [4.78, 5) is 4.14. The van der Waals surface area contributed by atoms with Crippen molar-refractivity contribution >= 4 is 23.4 Å². The average Bonchev–Trinajstić information content (AvgIpc) is 2.47. The quantitative estimate of drug-likeness (QED) is 0.690. The van der Waals surface area contributed by atoms with Crippen LogP contribution in [0.2, 0.25) is 0 Å². The topological polar surface area (TPSA) is 67.6 Å². The zero-order valence-electron chi connectivity index (χ0n) is 6.32. The van der Waals surface area contributed by atoms with Crippen LogP contribution in [-0.4, -0.2) is 15.2 Å². The highest BCUT2D eigenvalue weighted by Crippen LogP contribution is 2.10. The molecule has 0 aromatic carbocycles. The Morgan fingerprint density at radius 1 is 1.50 bits per heavy atom. The van der Waals surface area contributed by atoms with Gasteiger partial charge in [0.05, 0.1) is 5.52 Å². The highest BCUT2D eigenvalue weighted by atomic mass is 35.5. The number of hydrogen-bond donors (Lipinski definition) is 2. The number of H-pyrrole nitrogens is 1. The van der Waals surface area contributed by atoms with E-state index < -0.39 is 0 Å². The van der Waals surface area contributed by atoms with Gasteiger partial charge in [-0.25, -0.2) is 0 Å². The molecule has 4 nitrogen and oxygen atoms in total. The Morgan fingerprint density at radius 3 is 3.08 bits per heavy atom. The number of aromatic amines is 1. The molecule has 3 N–H and O–H groups in total. The van der Waals surface area contributed by atoms with E-state index in [2.05, 4.69) is 15.2 Å². The average molecular weight is 185 g/mol. The normalized spacial score (nSPS) is 9.75. The molecule has 0 bridgehead atoms. The number of hydrogen-bond acceptors (Lipinski definition) is 3. The molecule has 2 rings (SSSR count). The van der Waals surface area contributed by atoms with Crippen molar-refractivity contribution in [1.82, 2.24) is 15.2 Å². The maximum atomic E-state index is 5.44. The summed E-state index contributed by atoms with van der Waals surface area (Å²) in [7, 11) is 0. The second kappa shape index (κ2) is 3.51. The van der Waals surface area contributed by atoms with Crippen molar-refractivity contribution in [2.75, 3.05) is 0 Å². The Labute approximate surface area is 75.6 Å². The lowest BCUT2D eigenvalue weighted by atomic mass is 10.3. The van der Waals surface area contributed by atoms with Crippen molar-refractivity contribution in [1.29, 1.82) is 0 Å². The fourth-order valence-corrected chi connectivity index (χ4v) is 1.05. The first-order valence-corrected chi connectivity index (χ1v) is 3.40. The molecule has 0 aliphatic heterocycles. The Hall–Kier alpha value is -1.13. The maximum absolute atomic E-state index is 5.44. The lowest BCUT2D eigenvalue weighted by Gasteiger charge is -1.87. The summed E-state index contributed by atoms with van der Waals surface area (Å²) in [6.07, 6.45) is 1.73. The third kappa shape index (κ3) is 1.26. The van der Waals surface area contributed by atoms with E-state index in [1.165, 1.54) is 0 Å². The number of nitrogens with zero attached hydrogens (tertiary/aromatic N) is 2. The molecule has 0 saturated heterocycles. The summed E-state index contributed by atoms with van der Waals surface area (Å²) in [6, 6.07) is 3.79. The van der Waals surface area contributed by atoms with Crippen molar-refractivity contribution in [3.8, 4) is 0 Å². The molecule has 2 heterocycles. The third-order valence-corrected chi connectivity index (χ3v) is 1.59. The smallest absolute Gasteiger partial charge is 0.113 e. The van der Waals surface area contributed by atoms with E-state index >= 15 is 0 Å². The molecule has 0 saturated carbocycles.